The third kappa shape index (κ3) is 4.57. The Morgan fingerprint density at radius 3 is 1.54 bits per heavy atom. The van der Waals surface area contributed by atoms with E-state index in [1.165, 1.54) is 43.7 Å². The first-order chi connectivity index (χ1) is 23.4. The molecule has 9 heteroatoms. The number of hydrogen-bond donors (Lipinski definition) is 0. The van der Waals surface area contributed by atoms with Gasteiger partial charge in [0.25, 0.3) is 0 Å². The van der Waals surface area contributed by atoms with Crippen LogP contribution in [0.25, 0.3) is 83.6 Å². The highest BCUT2D eigenvalue weighted by molar-refractivity contribution is 6.47. The molecule has 0 radical (unpaired) electrons. The van der Waals surface area contributed by atoms with Gasteiger partial charge in [-0.05, 0) is 30.3 Å². The summed E-state index contributed by atoms with van der Waals surface area (Å²) in [6, 6.07) is 42.1. The number of hydrogen-bond acceptors (Lipinski definition) is 4. The quantitative estimate of drug-likeness (QED) is 0.288. The van der Waals surface area contributed by atoms with E-state index in [1.54, 1.807) is 0 Å². The average molecular weight is 612 g/mol. The summed E-state index contributed by atoms with van der Waals surface area (Å²) in [5.74, 6) is 1.87. The van der Waals surface area contributed by atoms with Gasteiger partial charge in [0, 0.05) is 55.0 Å². The Balaban J connectivity index is 1.22. The summed E-state index contributed by atoms with van der Waals surface area (Å²) in [5.41, 5.74) is 13.1. The minimum Gasteiger partial charge on any atom is -0.456 e. The van der Waals surface area contributed by atoms with Gasteiger partial charge in [-0.3, -0.25) is 0 Å². The highest BCUT2D eigenvalue weighted by Crippen LogP contribution is 2.36. The third-order valence-electron chi connectivity index (χ3n) is 9.30. The molecule has 0 aliphatic heterocycles. The fourth-order valence-corrected chi connectivity index (χ4v) is 7.28. The molecular formula is C39H28B4N4O. The Kier molecular flexibility index (Phi) is 6.44. The second kappa shape index (κ2) is 10.9. The smallest absolute Gasteiger partial charge is 0.164 e. The summed E-state index contributed by atoms with van der Waals surface area (Å²) in [6.07, 6.45) is 0. The lowest BCUT2D eigenvalue weighted by atomic mass is 9.83. The first-order valence-electron chi connectivity index (χ1n) is 16.3. The van der Waals surface area contributed by atoms with E-state index in [-0.39, 0.29) is 0 Å². The largest absolute Gasteiger partial charge is 0.456 e. The molecule has 9 aromatic rings. The minimum absolute atomic E-state index is 0.604. The second-order valence-electron chi connectivity index (χ2n) is 12.8. The van der Waals surface area contributed by atoms with Gasteiger partial charge in [-0.1, -0.05) is 113 Å². The molecule has 0 saturated carbocycles. The topological polar surface area (TPSA) is 56.7 Å². The van der Waals surface area contributed by atoms with E-state index in [1.807, 2.05) is 66.7 Å². The van der Waals surface area contributed by atoms with Crippen molar-refractivity contribution in [2.45, 2.75) is 0 Å². The van der Waals surface area contributed by atoms with Crippen LogP contribution in [0.15, 0.2) is 126 Å². The summed E-state index contributed by atoms with van der Waals surface area (Å²) in [7, 11) is 8.79. The molecule has 0 unspecified atom stereocenters. The molecule has 3 heterocycles. The van der Waals surface area contributed by atoms with Crippen LogP contribution in [0.5, 0.6) is 0 Å². The predicted octanol–water partition coefficient (Wildman–Crippen LogP) is 2.90. The van der Waals surface area contributed by atoms with Gasteiger partial charge in [0.1, 0.15) is 42.6 Å². The summed E-state index contributed by atoms with van der Waals surface area (Å²) >= 11 is 0. The highest BCUT2D eigenvalue weighted by atomic mass is 16.3. The van der Waals surface area contributed by atoms with Gasteiger partial charge < -0.3 is 8.98 Å². The molecule has 0 aliphatic rings. The van der Waals surface area contributed by atoms with Crippen molar-refractivity contribution in [3.63, 3.8) is 0 Å². The summed E-state index contributed by atoms with van der Waals surface area (Å²) < 4.78 is 8.92. The normalized spacial score (nSPS) is 11.7. The summed E-state index contributed by atoms with van der Waals surface area (Å²) in [6.45, 7) is 0. The lowest BCUT2D eigenvalue weighted by Gasteiger charge is -2.12. The minimum atomic E-state index is 0.604. The van der Waals surface area contributed by atoms with Crippen LogP contribution in [0.4, 0.5) is 0 Å². The van der Waals surface area contributed by atoms with Crippen LogP contribution in [-0.4, -0.2) is 50.9 Å². The van der Waals surface area contributed by atoms with E-state index in [0.29, 0.717) is 17.5 Å². The summed E-state index contributed by atoms with van der Waals surface area (Å²) in [5, 5.41) is 4.71. The number of fused-ring (bicyclic) bond motifs is 6. The standard InChI is InChI=1S/C39H28B4N4O/c40-24-16-29-30-17-25(41)19-32(43)36(30)47(35(29)31(42)18-24)26-12-14-33-28(20-26)27-13-11-23(15-34(27)48-33)39-45-37(21-7-3-1-4-8-21)44-38(46-39)22-9-5-2-6-10-22/h1-20H,40-43H2. The zero-order valence-corrected chi connectivity index (χ0v) is 27.2. The maximum atomic E-state index is 6.49. The van der Waals surface area contributed by atoms with Gasteiger partial charge in [-0.25, -0.2) is 15.0 Å². The van der Waals surface area contributed by atoms with Crippen LogP contribution >= 0.6 is 0 Å². The molecule has 0 saturated heterocycles. The van der Waals surface area contributed by atoms with Crippen molar-refractivity contribution >= 4 is 97.0 Å². The van der Waals surface area contributed by atoms with Gasteiger partial charge in [0.2, 0.25) is 0 Å². The van der Waals surface area contributed by atoms with E-state index in [0.717, 1.165) is 44.3 Å². The molecule has 0 aliphatic carbocycles. The number of benzene rings is 6. The van der Waals surface area contributed by atoms with Gasteiger partial charge >= 0.3 is 0 Å². The molecule has 0 bridgehead atoms. The van der Waals surface area contributed by atoms with Crippen LogP contribution in [0.2, 0.25) is 0 Å². The van der Waals surface area contributed by atoms with Crippen molar-refractivity contribution < 1.29 is 4.42 Å². The number of rotatable bonds is 4. The van der Waals surface area contributed by atoms with Gasteiger partial charge in [-0.15, -0.1) is 0 Å². The van der Waals surface area contributed by atoms with Crippen LogP contribution in [0, 0.1) is 0 Å². The van der Waals surface area contributed by atoms with Gasteiger partial charge in [-0.2, -0.15) is 0 Å². The first kappa shape index (κ1) is 28.4. The molecule has 0 spiro atoms. The zero-order chi connectivity index (χ0) is 32.5. The molecule has 48 heavy (non-hydrogen) atoms. The van der Waals surface area contributed by atoms with Crippen molar-refractivity contribution in [1.29, 1.82) is 0 Å². The number of aromatic nitrogens is 4. The van der Waals surface area contributed by atoms with Crippen LogP contribution in [-0.2, 0) is 0 Å². The molecule has 6 aromatic carbocycles. The SMILES string of the molecule is Bc1cc(B)c2c(c1)c1cc(B)cc(B)c1n2-c1ccc2oc3cc(-c4nc(-c5ccccc5)nc(-c5ccccc5)n4)ccc3c2c1. The van der Waals surface area contributed by atoms with Crippen LogP contribution < -0.4 is 21.9 Å². The molecule has 9 rings (SSSR count). The maximum Gasteiger partial charge on any atom is 0.164 e. The van der Waals surface area contributed by atoms with Gasteiger partial charge in [0.15, 0.2) is 17.5 Å². The monoisotopic (exact) mass is 612 g/mol. The molecule has 0 amide bonds. The molecule has 3 aromatic heterocycles. The average Bonchev–Trinajstić information content (AvgIpc) is 3.64. The van der Waals surface area contributed by atoms with Crippen molar-refractivity contribution in [3.05, 3.63) is 121 Å². The Labute approximate surface area is 281 Å². The molecule has 0 fully saturated rings. The van der Waals surface area contributed by atoms with E-state index in [9.17, 15) is 0 Å². The fraction of sp³-hybridized carbons (Fsp3) is 0. The second-order valence-corrected chi connectivity index (χ2v) is 12.8. The lowest BCUT2D eigenvalue weighted by molar-refractivity contribution is 0.669. The molecule has 5 nitrogen and oxygen atoms in total. The van der Waals surface area contributed by atoms with E-state index in [2.05, 4.69) is 90.5 Å². The van der Waals surface area contributed by atoms with Crippen molar-refractivity contribution in [1.82, 2.24) is 19.5 Å². The molecular weight excluding hydrogens is 584 g/mol. The number of furan rings is 1. The Hall–Kier alpha value is -5.81. The number of nitrogens with zero attached hydrogens (tertiary/aromatic N) is 4. The van der Waals surface area contributed by atoms with E-state index >= 15 is 0 Å². The maximum absolute atomic E-state index is 6.49. The van der Waals surface area contributed by atoms with Gasteiger partial charge in [0.05, 0.1) is 0 Å². The Morgan fingerprint density at radius 2 is 0.979 bits per heavy atom. The third-order valence-corrected chi connectivity index (χ3v) is 9.30. The Bertz CT molecular complexity index is 2600. The highest BCUT2D eigenvalue weighted by Gasteiger charge is 2.19. The van der Waals surface area contributed by atoms with Crippen LogP contribution in [0.1, 0.15) is 0 Å². The van der Waals surface area contributed by atoms with Crippen molar-refractivity contribution in [2.24, 2.45) is 0 Å². The fourth-order valence-electron chi connectivity index (χ4n) is 7.28. The Morgan fingerprint density at radius 1 is 0.438 bits per heavy atom. The lowest BCUT2D eigenvalue weighted by Crippen LogP contribution is -2.18. The molecule has 0 N–H and O–H groups in total. The summed E-state index contributed by atoms with van der Waals surface area (Å²) in [4.78, 5) is 14.7. The van der Waals surface area contributed by atoms with E-state index in [4.69, 9.17) is 19.4 Å². The van der Waals surface area contributed by atoms with Crippen LogP contribution in [0.3, 0.4) is 0 Å². The first-order valence-corrected chi connectivity index (χ1v) is 16.3. The predicted molar refractivity (Wildman–Crippen MR) is 210 cm³/mol. The van der Waals surface area contributed by atoms with Crippen molar-refractivity contribution in [3.8, 4) is 39.9 Å². The van der Waals surface area contributed by atoms with Crippen molar-refractivity contribution in [2.75, 3.05) is 0 Å². The van der Waals surface area contributed by atoms with E-state index < -0.39 is 0 Å². The molecule has 222 valence electrons. The zero-order valence-electron chi connectivity index (χ0n) is 27.2. The molecule has 0 atom stereocenters.